The van der Waals surface area contributed by atoms with Crippen LogP contribution in [0.1, 0.15) is 26.3 Å². The Morgan fingerprint density at radius 2 is 2.14 bits per heavy atom. The Labute approximate surface area is 138 Å². The van der Waals surface area contributed by atoms with Crippen molar-refractivity contribution in [3.8, 4) is 11.5 Å². The van der Waals surface area contributed by atoms with Crippen molar-refractivity contribution in [3.63, 3.8) is 0 Å². The third-order valence-electron chi connectivity index (χ3n) is 3.00. The summed E-state index contributed by atoms with van der Waals surface area (Å²) in [6.45, 7) is 7.16. The molecule has 0 saturated heterocycles. The molecule has 2 rings (SSSR count). The van der Waals surface area contributed by atoms with Gasteiger partial charge in [0, 0.05) is 23.1 Å². The van der Waals surface area contributed by atoms with E-state index in [1.165, 1.54) is 0 Å². The molecule has 1 aromatic carbocycles. The zero-order valence-electron chi connectivity index (χ0n) is 13.1. The Morgan fingerprint density at radius 1 is 1.36 bits per heavy atom. The van der Waals surface area contributed by atoms with Crippen LogP contribution in [0.15, 0.2) is 16.6 Å². The summed E-state index contributed by atoms with van der Waals surface area (Å²) < 4.78 is 14.0. The topological polar surface area (TPSA) is 74.1 Å². The Hall–Kier alpha value is -1.83. The number of benzene rings is 1. The largest absolute Gasteiger partial charge is 0.493 e. The predicted molar refractivity (Wildman–Crippen MR) is 87.3 cm³/mol. The highest BCUT2D eigenvalue weighted by atomic mass is 79.9. The molecule has 1 heterocycles. The molecule has 2 aromatic rings. The van der Waals surface area contributed by atoms with Crippen LogP contribution in [0.25, 0.3) is 0 Å². The second-order valence-electron chi connectivity index (χ2n) is 4.90. The van der Waals surface area contributed by atoms with Gasteiger partial charge in [-0.2, -0.15) is 0 Å². The first kappa shape index (κ1) is 16.5. The van der Waals surface area contributed by atoms with Crippen LogP contribution in [0, 0.1) is 0 Å². The van der Waals surface area contributed by atoms with E-state index in [1.807, 2.05) is 32.9 Å². The molecule has 0 aliphatic heterocycles. The van der Waals surface area contributed by atoms with Gasteiger partial charge in [0.2, 0.25) is 5.95 Å². The molecule has 120 valence electrons. The van der Waals surface area contributed by atoms with Crippen molar-refractivity contribution in [1.29, 1.82) is 0 Å². The van der Waals surface area contributed by atoms with Crippen molar-refractivity contribution in [3.05, 3.63) is 22.2 Å². The van der Waals surface area contributed by atoms with Gasteiger partial charge in [0.1, 0.15) is 0 Å². The highest BCUT2D eigenvalue weighted by Gasteiger charge is 2.16. The van der Waals surface area contributed by atoms with E-state index in [4.69, 9.17) is 9.47 Å². The number of hydrogen-bond acceptors (Lipinski definition) is 6. The summed E-state index contributed by atoms with van der Waals surface area (Å²) in [6.07, 6.45) is 0.0444. The van der Waals surface area contributed by atoms with Gasteiger partial charge in [0.15, 0.2) is 11.5 Å². The number of hydrogen-bond donors (Lipinski definition) is 1. The van der Waals surface area contributed by atoms with Gasteiger partial charge in [0.25, 0.3) is 0 Å². The third-order valence-corrected chi connectivity index (χ3v) is 3.74. The minimum absolute atomic E-state index is 0.0444. The molecular weight excluding hydrogens is 350 g/mol. The Bertz CT molecular complexity index is 630. The van der Waals surface area contributed by atoms with E-state index in [9.17, 15) is 0 Å². The number of rotatable bonds is 7. The maximum absolute atomic E-state index is 5.92. The van der Waals surface area contributed by atoms with Gasteiger partial charge in [-0.05, 0) is 43.3 Å². The van der Waals surface area contributed by atoms with Crippen LogP contribution in [0.4, 0.5) is 5.95 Å². The minimum atomic E-state index is 0.0444. The fraction of sp³-hybridized carbons (Fsp3) is 0.500. The summed E-state index contributed by atoms with van der Waals surface area (Å²) in [5, 5.41) is 14.8. The zero-order chi connectivity index (χ0) is 16.1. The molecule has 1 aromatic heterocycles. The van der Waals surface area contributed by atoms with Crippen molar-refractivity contribution in [2.75, 3.05) is 12.4 Å². The average Bonchev–Trinajstić information content (AvgIpc) is 2.94. The number of halogens is 1. The SMILES string of the molecule is CCn1nnnc1NCc1c(Br)ccc(OC)c1OC(C)C. The van der Waals surface area contributed by atoms with Crippen molar-refractivity contribution >= 4 is 21.9 Å². The number of nitrogens with zero attached hydrogens (tertiary/aromatic N) is 4. The van der Waals surface area contributed by atoms with Gasteiger partial charge >= 0.3 is 0 Å². The smallest absolute Gasteiger partial charge is 0.243 e. The van der Waals surface area contributed by atoms with E-state index in [-0.39, 0.29) is 6.10 Å². The maximum atomic E-state index is 5.92. The first-order valence-corrected chi connectivity index (χ1v) is 7.88. The molecule has 1 N–H and O–H groups in total. The number of anilines is 1. The van der Waals surface area contributed by atoms with Crippen molar-refractivity contribution in [2.24, 2.45) is 0 Å². The zero-order valence-corrected chi connectivity index (χ0v) is 14.7. The number of aromatic nitrogens is 4. The van der Waals surface area contributed by atoms with Gasteiger partial charge in [-0.25, -0.2) is 4.68 Å². The minimum Gasteiger partial charge on any atom is -0.493 e. The van der Waals surface area contributed by atoms with E-state index in [0.29, 0.717) is 24.8 Å². The van der Waals surface area contributed by atoms with E-state index in [2.05, 4.69) is 36.8 Å². The molecule has 0 amide bonds. The molecule has 0 aliphatic carbocycles. The summed E-state index contributed by atoms with van der Waals surface area (Å²) in [5.74, 6) is 2.03. The summed E-state index contributed by atoms with van der Waals surface area (Å²) in [7, 11) is 1.63. The Balaban J connectivity index is 2.28. The van der Waals surface area contributed by atoms with E-state index in [1.54, 1.807) is 11.8 Å². The summed E-state index contributed by atoms with van der Waals surface area (Å²) in [5.41, 5.74) is 0.957. The molecule has 0 radical (unpaired) electrons. The van der Waals surface area contributed by atoms with Crippen LogP contribution in [-0.2, 0) is 13.1 Å². The normalized spacial score (nSPS) is 10.8. The fourth-order valence-corrected chi connectivity index (χ4v) is 2.44. The highest BCUT2D eigenvalue weighted by Crippen LogP contribution is 2.37. The lowest BCUT2D eigenvalue weighted by Gasteiger charge is -2.19. The van der Waals surface area contributed by atoms with Crippen molar-refractivity contribution in [2.45, 2.75) is 40.0 Å². The molecule has 0 saturated carbocycles. The number of aryl methyl sites for hydroxylation is 1. The van der Waals surface area contributed by atoms with Crippen LogP contribution in [0.2, 0.25) is 0 Å². The van der Waals surface area contributed by atoms with Crippen LogP contribution in [0.5, 0.6) is 11.5 Å². The first-order valence-electron chi connectivity index (χ1n) is 7.08. The summed E-state index contributed by atoms with van der Waals surface area (Å²) in [4.78, 5) is 0. The van der Waals surface area contributed by atoms with E-state index < -0.39 is 0 Å². The standard InChI is InChI=1S/C14H20BrN5O2/c1-5-20-14(17-18-19-20)16-8-10-11(15)6-7-12(21-4)13(10)22-9(2)3/h6-7,9H,5,8H2,1-4H3,(H,16,17,19). The molecule has 22 heavy (non-hydrogen) atoms. The second-order valence-corrected chi connectivity index (χ2v) is 5.75. The second kappa shape index (κ2) is 7.44. The van der Waals surface area contributed by atoms with Gasteiger partial charge in [0.05, 0.1) is 13.2 Å². The summed E-state index contributed by atoms with van der Waals surface area (Å²) >= 11 is 3.57. The van der Waals surface area contributed by atoms with Gasteiger partial charge in [-0.3, -0.25) is 0 Å². The first-order chi connectivity index (χ1) is 10.6. The molecular formula is C14H20BrN5O2. The quantitative estimate of drug-likeness (QED) is 0.808. The molecule has 0 spiro atoms. The lowest BCUT2D eigenvalue weighted by molar-refractivity contribution is 0.227. The molecule has 0 unspecified atom stereocenters. The van der Waals surface area contributed by atoms with Crippen molar-refractivity contribution < 1.29 is 9.47 Å². The van der Waals surface area contributed by atoms with Crippen LogP contribution in [-0.4, -0.2) is 33.4 Å². The molecule has 0 aliphatic rings. The molecule has 0 atom stereocenters. The van der Waals surface area contributed by atoms with E-state index in [0.717, 1.165) is 15.8 Å². The van der Waals surface area contributed by atoms with Gasteiger partial charge < -0.3 is 14.8 Å². The number of ether oxygens (including phenoxy) is 2. The molecule has 7 nitrogen and oxygen atoms in total. The molecule has 0 bridgehead atoms. The lowest BCUT2D eigenvalue weighted by atomic mass is 10.1. The fourth-order valence-electron chi connectivity index (χ4n) is 1.98. The average molecular weight is 370 g/mol. The highest BCUT2D eigenvalue weighted by molar-refractivity contribution is 9.10. The number of methoxy groups -OCH3 is 1. The molecule has 8 heteroatoms. The van der Waals surface area contributed by atoms with Crippen LogP contribution < -0.4 is 14.8 Å². The van der Waals surface area contributed by atoms with Crippen molar-refractivity contribution in [1.82, 2.24) is 20.2 Å². The summed E-state index contributed by atoms with van der Waals surface area (Å²) in [6, 6.07) is 3.81. The third kappa shape index (κ3) is 3.68. The monoisotopic (exact) mass is 369 g/mol. The van der Waals surface area contributed by atoms with Crippen LogP contribution in [0.3, 0.4) is 0 Å². The van der Waals surface area contributed by atoms with Crippen LogP contribution >= 0.6 is 15.9 Å². The lowest BCUT2D eigenvalue weighted by Crippen LogP contribution is -2.13. The predicted octanol–water partition coefficient (Wildman–Crippen LogP) is 2.86. The van der Waals surface area contributed by atoms with E-state index >= 15 is 0 Å². The van der Waals surface area contributed by atoms with Gasteiger partial charge in [-0.1, -0.05) is 21.0 Å². The maximum Gasteiger partial charge on any atom is 0.243 e. The Morgan fingerprint density at radius 3 is 2.77 bits per heavy atom. The number of tetrazole rings is 1. The number of nitrogens with one attached hydrogen (secondary N) is 1. The Kier molecular flexibility index (Phi) is 5.59. The molecule has 0 fully saturated rings. The van der Waals surface area contributed by atoms with Gasteiger partial charge in [-0.15, -0.1) is 0 Å².